The zero-order valence-electron chi connectivity index (χ0n) is 6.30. The molecule has 0 saturated heterocycles. The predicted molar refractivity (Wildman–Crippen MR) is 41.7 cm³/mol. The van der Waals surface area contributed by atoms with Crippen LogP contribution in [-0.2, 0) is 6.54 Å². The molecule has 0 spiro atoms. The molecule has 1 aromatic carbocycles. The summed E-state index contributed by atoms with van der Waals surface area (Å²) in [5, 5.41) is 2.25. The van der Waals surface area contributed by atoms with Crippen LogP contribution in [0, 0.1) is 5.82 Å². The minimum atomic E-state index is -0.862. The molecule has 2 amide bonds. The van der Waals surface area contributed by atoms with E-state index in [-0.39, 0.29) is 12.4 Å². The second-order valence-electron chi connectivity index (χ2n) is 2.31. The molecule has 1 rings (SSSR count). The Bertz CT molecular complexity index is 288. The van der Waals surface area contributed by atoms with E-state index >= 15 is 0 Å². The molecule has 3 nitrogen and oxygen atoms in total. The Morgan fingerprint density at radius 1 is 1.58 bits per heavy atom. The van der Waals surface area contributed by atoms with Crippen LogP contribution in [0.3, 0.4) is 0 Å². The van der Waals surface area contributed by atoms with Crippen molar-refractivity contribution < 1.29 is 9.18 Å². The van der Waals surface area contributed by atoms with Gasteiger partial charge in [0.15, 0.2) is 0 Å². The van der Waals surface area contributed by atoms with Gasteiger partial charge in [-0.2, -0.15) is 0 Å². The average Bonchev–Trinajstić information content (AvgIpc) is 2.01. The third kappa shape index (κ3) is 2.57. The summed E-state index contributed by atoms with van der Waals surface area (Å²) in [6.07, 6.45) is 0. The summed E-state index contributed by atoms with van der Waals surface area (Å²) in [7, 11) is 0. The highest BCUT2D eigenvalue weighted by atomic mass is 19.1. The van der Waals surface area contributed by atoms with Crippen LogP contribution in [0.15, 0.2) is 24.3 Å². The molecular weight excluding hydrogens is 159 g/mol. The number of halogens is 1. The van der Waals surface area contributed by atoms with Crippen LogP contribution in [0.2, 0.25) is 0 Å². The van der Waals surface area contributed by atoms with Crippen molar-refractivity contribution >= 4 is 6.03 Å². The zero-order chi connectivity index (χ0) is 8.97. The molecule has 0 aliphatic carbocycles. The van der Waals surface area contributed by atoms with Gasteiger partial charge in [0.2, 0.25) is 0 Å². The standard InChI is InChI=1S/C8H8FN2O/c9-7-3-1-2-6(4-7)5-11-8(10)12/h1-4,10H,5H2,(H,11,12). The largest absolute Gasteiger partial charge is 0.333 e. The van der Waals surface area contributed by atoms with Gasteiger partial charge >= 0.3 is 6.03 Å². The van der Waals surface area contributed by atoms with Crippen molar-refractivity contribution in [2.24, 2.45) is 0 Å². The molecule has 0 atom stereocenters. The lowest BCUT2D eigenvalue weighted by molar-refractivity contribution is 0.247. The Labute approximate surface area is 69.4 Å². The minimum Gasteiger partial charge on any atom is -0.333 e. The molecule has 0 aliphatic heterocycles. The van der Waals surface area contributed by atoms with Crippen LogP contribution in [0.4, 0.5) is 9.18 Å². The fraction of sp³-hybridized carbons (Fsp3) is 0.125. The molecule has 0 bridgehead atoms. The summed E-state index contributed by atoms with van der Waals surface area (Å²) in [5.41, 5.74) is 7.19. The third-order valence-electron chi connectivity index (χ3n) is 1.34. The highest BCUT2D eigenvalue weighted by molar-refractivity contribution is 5.70. The van der Waals surface area contributed by atoms with Gasteiger partial charge in [0, 0.05) is 6.54 Å². The van der Waals surface area contributed by atoms with Gasteiger partial charge < -0.3 is 5.32 Å². The Morgan fingerprint density at radius 2 is 2.33 bits per heavy atom. The first-order valence-corrected chi connectivity index (χ1v) is 3.42. The summed E-state index contributed by atoms with van der Waals surface area (Å²) in [4.78, 5) is 10.2. The van der Waals surface area contributed by atoms with Gasteiger partial charge in [-0.3, -0.25) is 0 Å². The normalized spacial score (nSPS) is 9.42. The number of benzene rings is 1. The highest BCUT2D eigenvalue weighted by Gasteiger charge is 1.96. The molecule has 12 heavy (non-hydrogen) atoms. The van der Waals surface area contributed by atoms with Crippen molar-refractivity contribution in [3.8, 4) is 0 Å². The van der Waals surface area contributed by atoms with E-state index in [1.54, 1.807) is 12.1 Å². The van der Waals surface area contributed by atoms with Crippen molar-refractivity contribution in [2.75, 3.05) is 0 Å². The number of hydrogen-bond acceptors (Lipinski definition) is 1. The monoisotopic (exact) mass is 167 g/mol. The van der Waals surface area contributed by atoms with Crippen molar-refractivity contribution in [1.29, 1.82) is 0 Å². The highest BCUT2D eigenvalue weighted by Crippen LogP contribution is 2.02. The van der Waals surface area contributed by atoms with Crippen molar-refractivity contribution in [3.63, 3.8) is 0 Å². The molecule has 0 fully saturated rings. The number of carbonyl (C=O) groups is 1. The van der Waals surface area contributed by atoms with Crippen LogP contribution in [0.5, 0.6) is 0 Å². The molecule has 2 N–H and O–H groups in total. The lowest BCUT2D eigenvalue weighted by Gasteiger charge is -2.00. The molecule has 0 saturated carbocycles. The number of hydrogen-bond donors (Lipinski definition) is 1. The quantitative estimate of drug-likeness (QED) is 0.709. The van der Waals surface area contributed by atoms with Gasteiger partial charge in [0.1, 0.15) is 5.82 Å². The SMILES string of the molecule is [NH]C(=O)NCc1cccc(F)c1. The number of carbonyl (C=O) groups excluding carboxylic acids is 1. The molecule has 4 heteroatoms. The van der Waals surface area contributed by atoms with Crippen LogP contribution in [0.1, 0.15) is 5.56 Å². The topological polar surface area (TPSA) is 52.9 Å². The lowest BCUT2D eigenvalue weighted by atomic mass is 10.2. The first kappa shape index (κ1) is 8.52. The van der Waals surface area contributed by atoms with E-state index in [9.17, 15) is 9.18 Å². The van der Waals surface area contributed by atoms with E-state index in [1.807, 2.05) is 0 Å². The molecule has 1 aromatic rings. The summed E-state index contributed by atoms with van der Waals surface area (Å²) in [6, 6.07) is 5.01. The van der Waals surface area contributed by atoms with Crippen LogP contribution in [-0.4, -0.2) is 6.03 Å². The third-order valence-corrected chi connectivity index (χ3v) is 1.34. The Kier molecular flexibility index (Phi) is 2.63. The van der Waals surface area contributed by atoms with E-state index in [1.165, 1.54) is 12.1 Å². The Hall–Kier alpha value is -1.58. The fourth-order valence-electron chi connectivity index (χ4n) is 0.829. The predicted octanol–water partition coefficient (Wildman–Crippen LogP) is 1.32. The smallest absolute Gasteiger partial charge is 0.333 e. The lowest BCUT2D eigenvalue weighted by Crippen LogP contribution is -2.21. The maximum atomic E-state index is 12.5. The van der Waals surface area contributed by atoms with Gasteiger partial charge in [-0.15, -0.1) is 0 Å². The molecule has 1 radical (unpaired) electrons. The minimum absolute atomic E-state index is 0.195. The Morgan fingerprint density at radius 3 is 2.92 bits per heavy atom. The first-order valence-electron chi connectivity index (χ1n) is 3.42. The van der Waals surface area contributed by atoms with Crippen molar-refractivity contribution in [3.05, 3.63) is 35.6 Å². The van der Waals surface area contributed by atoms with Gasteiger partial charge in [-0.05, 0) is 17.7 Å². The van der Waals surface area contributed by atoms with E-state index in [2.05, 4.69) is 5.32 Å². The van der Waals surface area contributed by atoms with Crippen LogP contribution in [0.25, 0.3) is 0 Å². The van der Waals surface area contributed by atoms with E-state index in [0.29, 0.717) is 5.56 Å². The second kappa shape index (κ2) is 3.71. The number of nitrogens with one attached hydrogen (secondary N) is 2. The fourth-order valence-corrected chi connectivity index (χ4v) is 0.829. The molecular formula is C8H8FN2O. The van der Waals surface area contributed by atoms with E-state index < -0.39 is 6.03 Å². The molecule has 0 aromatic heterocycles. The molecule has 63 valence electrons. The number of amides is 2. The summed E-state index contributed by atoms with van der Waals surface area (Å²) < 4.78 is 12.5. The number of urea groups is 1. The van der Waals surface area contributed by atoms with Crippen LogP contribution < -0.4 is 11.1 Å². The average molecular weight is 167 g/mol. The van der Waals surface area contributed by atoms with Gasteiger partial charge in [0.05, 0.1) is 0 Å². The maximum Gasteiger partial charge on any atom is 0.333 e. The van der Waals surface area contributed by atoms with Crippen LogP contribution >= 0.6 is 0 Å². The van der Waals surface area contributed by atoms with Crippen molar-refractivity contribution in [2.45, 2.75) is 6.54 Å². The summed E-state index contributed by atoms with van der Waals surface area (Å²) in [5.74, 6) is -0.341. The zero-order valence-corrected chi connectivity index (χ0v) is 6.30. The van der Waals surface area contributed by atoms with E-state index in [0.717, 1.165) is 0 Å². The maximum absolute atomic E-state index is 12.5. The Balaban J connectivity index is 2.57. The molecule has 0 aliphatic rings. The van der Waals surface area contributed by atoms with Gasteiger partial charge in [-0.1, -0.05) is 12.1 Å². The van der Waals surface area contributed by atoms with Crippen molar-refractivity contribution in [1.82, 2.24) is 11.1 Å². The summed E-state index contributed by atoms with van der Waals surface area (Å²) >= 11 is 0. The van der Waals surface area contributed by atoms with Gasteiger partial charge in [0.25, 0.3) is 0 Å². The molecule has 0 heterocycles. The first-order chi connectivity index (χ1) is 5.68. The molecule has 0 unspecified atom stereocenters. The van der Waals surface area contributed by atoms with Gasteiger partial charge in [-0.25, -0.2) is 14.9 Å². The van der Waals surface area contributed by atoms with E-state index in [4.69, 9.17) is 5.73 Å². The number of rotatable bonds is 2. The second-order valence-corrected chi connectivity index (χ2v) is 2.31. The summed E-state index contributed by atoms with van der Waals surface area (Å²) in [6.45, 7) is 0.195.